The lowest BCUT2D eigenvalue weighted by Crippen LogP contribution is -2.10. The molecule has 0 fully saturated rings. The van der Waals surface area contributed by atoms with Gasteiger partial charge in [-0.2, -0.15) is 0 Å². The van der Waals surface area contributed by atoms with Gasteiger partial charge in [0.05, 0.1) is 12.3 Å². The number of nitrogens with one attached hydrogen (secondary N) is 1. The van der Waals surface area contributed by atoms with Crippen molar-refractivity contribution in [3.63, 3.8) is 0 Å². The second kappa shape index (κ2) is 3.47. The number of aliphatic hydroxyl groups excluding tert-OH is 1. The first-order valence-corrected chi connectivity index (χ1v) is 4.01. The Balaban J connectivity index is 3.50. The Morgan fingerprint density at radius 3 is 2.50 bits per heavy atom. The highest BCUT2D eigenvalue weighted by molar-refractivity contribution is 6.35. The third kappa shape index (κ3) is 1.48. The van der Waals surface area contributed by atoms with Gasteiger partial charge in [0.1, 0.15) is 10.0 Å². The first-order chi connectivity index (χ1) is 5.57. The van der Waals surface area contributed by atoms with Crippen LogP contribution in [0.1, 0.15) is 11.4 Å². The summed E-state index contributed by atoms with van der Waals surface area (Å²) in [5, 5.41) is 8.78. The molecule has 0 radical (unpaired) electrons. The lowest BCUT2D eigenvalue weighted by atomic mass is 10.3. The van der Waals surface area contributed by atoms with Crippen LogP contribution >= 0.6 is 23.2 Å². The molecule has 0 aliphatic rings. The average Bonchev–Trinajstić information content (AvgIpc) is 2.08. The SMILES string of the molecule is Cc1[nH]c(CO)c(Cl)c(=O)c1Cl. The van der Waals surface area contributed by atoms with E-state index in [1.165, 1.54) is 0 Å². The Labute approximate surface area is 78.9 Å². The lowest BCUT2D eigenvalue weighted by Gasteiger charge is -2.03. The molecule has 3 nitrogen and oxygen atoms in total. The van der Waals surface area contributed by atoms with Crippen molar-refractivity contribution in [2.45, 2.75) is 13.5 Å². The molecular formula is C7H7Cl2NO2. The van der Waals surface area contributed by atoms with Crippen molar-refractivity contribution in [2.75, 3.05) is 0 Å². The van der Waals surface area contributed by atoms with Gasteiger partial charge in [-0.25, -0.2) is 0 Å². The summed E-state index contributed by atoms with van der Waals surface area (Å²) in [5.41, 5.74) is 0.359. The van der Waals surface area contributed by atoms with Gasteiger partial charge in [0.2, 0.25) is 5.43 Å². The summed E-state index contributed by atoms with van der Waals surface area (Å²) >= 11 is 11.2. The summed E-state index contributed by atoms with van der Waals surface area (Å²) in [6.45, 7) is 1.34. The highest BCUT2D eigenvalue weighted by Gasteiger charge is 2.09. The molecule has 0 saturated heterocycles. The van der Waals surface area contributed by atoms with Crippen LogP contribution in [0.25, 0.3) is 0 Å². The van der Waals surface area contributed by atoms with Gasteiger partial charge < -0.3 is 10.1 Å². The molecule has 0 aromatic carbocycles. The van der Waals surface area contributed by atoms with Crippen LogP contribution in [0.5, 0.6) is 0 Å². The fraction of sp³-hybridized carbons (Fsp3) is 0.286. The molecule has 12 heavy (non-hydrogen) atoms. The molecule has 0 atom stereocenters. The maximum atomic E-state index is 11.2. The van der Waals surface area contributed by atoms with E-state index in [2.05, 4.69) is 4.98 Å². The number of hydrogen-bond donors (Lipinski definition) is 2. The molecule has 1 heterocycles. The Morgan fingerprint density at radius 1 is 1.42 bits per heavy atom. The molecule has 5 heteroatoms. The summed E-state index contributed by atoms with van der Waals surface area (Å²) in [7, 11) is 0. The Hall–Kier alpha value is -0.510. The summed E-state index contributed by atoms with van der Waals surface area (Å²) in [6, 6.07) is 0. The van der Waals surface area contributed by atoms with Crippen molar-refractivity contribution in [3.8, 4) is 0 Å². The number of halogens is 2. The van der Waals surface area contributed by atoms with Gasteiger partial charge in [-0.05, 0) is 6.92 Å². The molecule has 2 N–H and O–H groups in total. The highest BCUT2D eigenvalue weighted by atomic mass is 35.5. The number of aryl methyl sites for hydroxylation is 1. The summed E-state index contributed by atoms with van der Waals surface area (Å²) in [4.78, 5) is 13.9. The second-order valence-electron chi connectivity index (χ2n) is 2.34. The molecular weight excluding hydrogens is 201 g/mol. The Morgan fingerprint density at radius 2 is 2.00 bits per heavy atom. The van der Waals surface area contributed by atoms with Crippen molar-refractivity contribution in [1.82, 2.24) is 4.98 Å². The van der Waals surface area contributed by atoms with Crippen molar-refractivity contribution < 1.29 is 5.11 Å². The first-order valence-electron chi connectivity index (χ1n) is 3.25. The molecule has 0 amide bonds. The third-order valence-corrected chi connectivity index (χ3v) is 2.34. The van der Waals surface area contributed by atoms with Crippen molar-refractivity contribution >= 4 is 23.2 Å². The topological polar surface area (TPSA) is 53.1 Å². The van der Waals surface area contributed by atoms with Crippen LogP contribution < -0.4 is 5.43 Å². The Kier molecular flexibility index (Phi) is 2.77. The molecule has 0 aliphatic carbocycles. The van der Waals surface area contributed by atoms with E-state index in [4.69, 9.17) is 28.3 Å². The van der Waals surface area contributed by atoms with E-state index in [1.807, 2.05) is 0 Å². The number of rotatable bonds is 1. The number of aromatic amines is 1. The van der Waals surface area contributed by atoms with Crippen LogP contribution in [0, 0.1) is 6.92 Å². The maximum absolute atomic E-state index is 11.2. The zero-order valence-electron chi connectivity index (χ0n) is 6.32. The van der Waals surface area contributed by atoms with E-state index in [0.29, 0.717) is 11.4 Å². The van der Waals surface area contributed by atoms with Crippen molar-refractivity contribution in [1.29, 1.82) is 0 Å². The van der Waals surface area contributed by atoms with E-state index in [1.54, 1.807) is 6.92 Å². The van der Waals surface area contributed by atoms with Crippen LogP contribution in [0.2, 0.25) is 10.0 Å². The fourth-order valence-electron chi connectivity index (χ4n) is 0.849. The molecule has 0 aliphatic heterocycles. The zero-order valence-corrected chi connectivity index (χ0v) is 7.83. The van der Waals surface area contributed by atoms with E-state index in [0.717, 1.165) is 0 Å². The predicted octanol–water partition coefficient (Wildman–Crippen LogP) is 1.48. The van der Waals surface area contributed by atoms with Crippen LogP contribution in [0.4, 0.5) is 0 Å². The van der Waals surface area contributed by atoms with Crippen LogP contribution in [-0.4, -0.2) is 10.1 Å². The van der Waals surface area contributed by atoms with E-state index in [-0.39, 0.29) is 16.7 Å². The largest absolute Gasteiger partial charge is 0.390 e. The normalized spacial score (nSPS) is 10.3. The molecule has 1 rings (SSSR count). The van der Waals surface area contributed by atoms with Gasteiger partial charge >= 0.3 is 0 Å². The van der Waals surface area contributed by atoms with Gasteiger partial charge in [-0.1, -0.05) is 23.2 Å². The second-order valence-corrected chi connectivity index (χ2v) is 3.10. The minimum Gasteiger partial charge on any atom is -0.390 e. The van der Waals surface area contributed by atoms with E-state index in [9.17, 15) is 4.79 Å². The highest BCUT2D eigenvalue weighted by Crippen LogP contribution is 2.15. The van der Waals surface area contributed by atoms with Gasteiger partial charge in [0, 0.05) is 5.69 Å². The Bertz CT molecular complexity index is 359. The summed E-state index contributed by atoms with van der Waals surface area (Å²) in [6.07, 6.45) is 0. The van der Waals surface area contributed by atoms with Crippen molar-refractivity contribution in [3.05, 3.63) is 31.7 Å². The standard InChI is InChI=1S/C7H7Cl2NO2/c1-3-5(8)7(12)6(9)4(2-11)10-3/h11H,2H2,1H3,(H,10,12). The van der Waals surface area contributed by atoms with Gasteiger partial charge in [0.25, 0.3) is 0 Å². The molecule has 66 valence electrons. The number of aromatic nitrogens is 1. The predicted molar refractivity (Wildman–Crippen MR) is 47.7 cm³/mol. The molecule has 1 aromatic heterocycles. The molecule has 0 bridgehead atoms. The molecule has 0 unspecified atom stereocenters. The van der Waals surface area contributed by atoms with E-state index < -0.39 is 5.43 Å². The first kappa shape index (κ1) is 9.58. The summed E-state index contributed by atoms with van der Waals surface area (Å²) < 4.78 is 0. The maximum Gasteiger partial charge on any atom is 0.219 e. The minimum atomic E-state index is -0.446. The molecule has 1 aromatic rings. The van der Waals surface area contributed by atoms with Gasteiger partial charge in [0.15, 0.2) is 0 Å². The van der Waals surface area contributed by atoms with E-state index >= 15 is 0 Å². The fourth-order valence-corrected chi connectivity index (χ4v) is 1.24. The lowest BCUT2D eigenvalue weighted by molar-refractivity contribution is 0.276. The van der Waals surface area contributed by atoms with Crippen molar-refractivity contribution in [2.24, 2.45) is 0 Å². The average molecular weight is 208 g/mol. The number of pyridine rings is 1. The number of H-pyrrole nitrogens is 1. The van der Waals surface area contributed by atoms with Crippen LogP contribution in [-0.2, 0) is 6.61 Å². The number of aliphatic hydroxyl groups is 1. The third-order valence-electron chi connectivity index (χ3n) is 1.49. The molecule has 0 spiro atoms. The smallest absolute Gasteiger partial charge is 0.219 e. The monoisotopic (exact) mass is 207 g/mol. The minimum absolute atomic E-state index is 0.0481. The zero-order chi connectivity index (χ0) is 9.30. The number of hydrogen-bond acceptors (Lipinski definition) is 2. The van der Waals surface area contributed by atoms with Gasteiger partial charge in [-0.15, -0.1) is 0 Å². The van der Waals surface area contributed by atoms with Crippen LogP contribution in [0.15, 0.2) is 4.79 Å². The van der Waals surface area contributed by atoms with Crippen LogP contribution in [0.3, 0.4) is 0 Å². The quantitative estimate of drug-likeness (QED) is 0.734. The summed E-state index contributed by atoms with van der Waals surface area (Å²) in [5.74, 6) is 0. The van der Waals surface area contributed by atoms with Gasteiger partial charge in [-0.3, -0.25) is 4.79 Å². The molecule has 0 saturated carbocycles.